The molecule has 0 saturated heterocycles. The lowest BCUT2D eigenvalue weighted by Crippen LogP contribution is -2.15. The van der Waals surface area contributed by atoms with Crippen LogP contribution >= 0.6 is 0 Å². The third-order valence-corrected chi connectivity index (χ3v) is 3.00. The van der Waals surface area contributed by atoms with Gasteiger partial charge >= 0.3 is 0 Å². The smallest absolute Gasteiger partial charge is 0.216 e. The largest absolute Gasteiger partial charge is 0.382 e. The van der Waals surface area contributed by atoms with Gasteiger partial charge in [-0.05, 0) is 12.1 Å². The molecule has 0 spiro atoms. The summed E-state index contributed by atoms with van der Waals surface area (Å²) in [5.74, 6) is -0.165. The molecule has 3 rings (SSSR count). The van der Waals surface area contributed by atoms with Gasteiger partial charge in [0, 0.05) is 30.7 Å². The van der Waals surface area contributed by atoms with E-state index in [1.54, 1.807) is 30.7 Å². The average Bonchev–Trinajstić information content (AvgIpc) is 3.02. The van der Waals surface area contributed by atoms with Crippen molar-refractivity contribution in [1.29, 1.82) is 0 Å². The van der Waals surface area contributed by atoms with Crippen LogP contribution in [0.15, 0.2) is 35.8 Å². The summed E-state index contributed by atoms with van der Waals surface area (Å²) in [6.45, 7) is 0.638. The van der Waals surface area contributed by atoms with Crippen LogP contribution in [0.1, 0.15) is 27.7 Å². The minimum absolute atomic E-state index is 0.00329. The van der Waals surface area contributed by atoms with Crippen molar-refractivity contribution in [3.05, 3.63) is 47.7 Å². The minimum atomic E-state index is -0.284. The molecule has 3 N–H and O–H groups in total. The molecule has 7 nitrogen and oxygen atoms in total. The van der Waals surface area contributed by atoms with E-state index in [1.165, 1.54) is 6.20 Å². The number of hydrogen-bond acceptors (Lipinski definition) is 7. The summed E-state index contributed by atoms with van der Waals surface area (Å²) in [7, 11) is 0. The van der Waals surface area contributed by atoms with E-state index in [0.29, 0.717) is 17.8 Å². The Balaban J connectivity index is 1.98. The van der Waals surface area contributed by atoms with E-state index in [4.69, 9.17) is 5.73 Å². The zero-order valence-corrected chi connectivity index (χ0v) is 10.5. The van der Waals surface area contributed by atoms with Crippen LogP contribution in [-0.2, 0) is 0 Å². The highest BCUT2D eigenvalue weighted by atomic mass is 16.1. The molecule has 0 radical (unpaired) electrons. The molecule has 1 atom stereocenters. The van der Waals surface area contributed by atoms with Gasteiger partial charge in [0.25, 0.3) is 0 Å². The lowest BCUT2D eigenvalue weighted by Gasteiger charge is -2.08. The summed E-state index contributed by atoms with van der Waals surface area (Å²) in [6, 6.07) is 3.36. The van der Waals surface area contributed by atoms with Gasteiger partial charge in [-0.15, -0.1) is 0 Å². The van der Waals surface area contributed by atoms with Crippen molar-refractivity contribution in [3.63, 3.8) is 0 Å². The number of hydrazone groups is 1. The highest BCUT2D eigenvalue weighted by Gasteiger charge is 2.20. The first-order valence-electron chi connectivity index (χ1n) is 6.09. The second-order valence-corrected chi connectivity index (χ2v) is 4.35. The van der Waals surface area contributed by atoms with Gasteiger partial charge in [-0.2, -0.15) is 5.10 Å². The summed E-state index contributed by atoms with van der Waals surface area (Å²) >= 11 is 0. The van der Waals surface area contributed by atoms with Gasteiger partial charge in [-0.1, -0.05) is 0 Å². The molecule has 100 valence electrons. The quantitative estimate of drug-likeness (QED) is 0.778. The maximum Gasteiger partial charge on any atom is 0.216 e. The Morgan fingerprint density at radius 2 is 2.30 bits per heavy atom. The number of pyridine rings is 1. The van der Waals surface area contributed by atoms with Gasteiger partial charge in [0.2, 0.25) is 5.78 Å². The predicted octanol–water partition coefficient (Wildman–Crippen LogP) is 0.357. The summed E-state index contributed by atoms with van der Waals surface area (Å²) in [5.41, 5.74) is 9.85. The number of carbonyl (C=O) groups is 1. The number of anilines is 1. The third kappa shape index (κ3) is 2.20. The van der Waals surface area contributed by atoms with E-state index >= 15 is 0 Å². The van der Waals surface area contributed by atoms with Gasteiger partial charge in [0.15, 0.2) is 11.5 Å². The average molecular weight is 268 g/mol. The Bertz CT molecular complexity index is 670. The monoisotopic (exact) mass is 268 g/mol. The number of nitrogens with two attached hydrogens (primary N) is 1. The van der Waals surface area contributed by atoms with E-state index in [-0.39, 0.29) is 23.2 Å². The molecule has 1 aliphatic heterocycles. The summed E-state index contributed by atoms with van der Waals surface area (Å²) in [4.78, 5) is 24.7. The fraction of sp³-hybridized carbons (Fsp3) is 0.154. The van der Waals surface area contributed by atoms with Crippen molar-refractivity contribution in [1.82, 2.24) is 20.4 Å². The van der Waals surface area contributed by atoms with Crippen LogP contribution in [0, 0.1) is 0 Å². The Kier molecular flexibility index (Phi) is 3.08. The fourth-order valence-electron chi connectivity index (χ4n) is 1.92. The van der Waals surface area contributed by atoms with Crippen LogP contribution in [0.3, 0.4) is 0 Å². The molecular formula is C13H12N6O. The first-order chi connectivity index (χ1) is 9.75. The molecule has 7 heteroatoms. The first kappa shape index (κ1) is 12.2. The van der Waals surface area contributed by atoms with Crippen molar-refractivity contribution < 1.29 is 4.79 Å². The Labute approximate surface area is 115 Å². The maximum atomic E-state index is 12.4. The Morgan fingerprint density at radius 1 is 1.40 bits per heavy atom. The predicted molar refractivity (Wildman–Crippen MR) is 73.3 cm³/mol. The number of carbonyl (C=O) groups excluding carboxylic acids is 1. The van der Waals surface area contributed by atoms with Crippen molar-refractivity contribution in [2.45, 2.75) is 5.92 Å². The molecule has 20 heavy (non-hydrogen) atoms. The third-order valence-electron chi connectivity index (χ3n) is 3.00. The van der Waals surface area contributed by atoms with Crippen molar-refractivity contribution in [2.24, 2.45) is 5.10 Å². The summed E-state index contributed by atoms with van der Waals surface area (Å²) in [6.07, 6.45) is 6.38. The lowest BCUT2D eigenvalue weighted by molar-refractivity contribution is 0.103. The van der Waals surface area contributed by atoms with Crippen LogP contribution in [0.25, 0.3) is 0 Å². The van der Waals surface area contributed by atoms with Gasteiger partial charge in [-0.3, -0.25) is 9.78 Å². The number of hydrogen-bond donors (Lipinski definition) is 2. The molecule has 2 aromatic heterocycles. The van der Waals surface area contributed by atoms with E-state index in [2.05, 4.69) is 25.5 Å². The Morgan fingerprint density at radius 3 is 3.00 bits per heavy atom. The first-order valence-corrected chi connectivity index (χ1v) is 6.09. The molecule has 3 heterocycles. The number of rotatable bonds is 3. The van der Waals surface area contributed by atoms with Crippen LogP contribution in [-0.4, -0.2) is 33.5 Å². The van der Waals surface area contributed by atoms with E-state index < -0.39 is 0 Å². The SMILES string of the molecule is Nc1ncc(C2C=NNC2)nc1C(=O)c1cccnc1. The van der Waals surface area contributed by atoms with Gasteiger partial charge in [-0.25, -0.2) is 9.97 Å². The molecule has 0 saturated carbocycles. The molecule has 2 aromatic rings. The molecular weight excluding hydrogens is 256 g/mol. The second-order valence-electron chi connectivity index (χ2n) is 4.35. The topological polar surface area (TPSA) is 106 Å². The minimum Gasteiger partial charge on any atom is -0.382 e. The molecule has 0 fully saturated rings. The number of nitrogen functional groups attached to an aromatic ring is 1. The van der Waals surface area contributed by atoms with E-state index in [9.17, 15) is 4.79 Å². The van der Waals surface area contributed by atoms with Crippen LogP contribution < -0.4 is 11.2 Å². The lowest BCUT2D eigenvalue weighted by atomic mass is 10.1. The zero-order chi connectivity index (χ0) is 13.9. The van der Waals surface area contributed by atoms with Crippen molar-refractivity contribution in [2.75, 3.05) is 12.3 Å². The highest BCUT2D eigenvalue weighted by molar-refractivity contribution is 6.10. The molecule has 0 amide bonds. The molecule has 0 bridgehead atoms. The van der Waals surface area contributed by atoms with E-state index in [0.717, 1.165) is 0 Å². The normalized spacial score (nSPS) is 16.9. The van der Waals surface area contributed by atoms with E-state index in [1.807, 2.05) is 0 Å². The van der Waals surface area contributed by atoms with Crippen molar-refractivity contribution in [3.8, 4) is 0 Å². The number of nitrogens with zero attached hydrogens (tertiary/aromatic N) is 4. The van der Waals surface area contributed by atoms with Crippen LogP contribution in [0.2, 0.25) is 0 Å². The van der Waals surface area contributed by atoms with Gasteiger partial charge in [0.05, 0.1) is 17.8 Å². The second kappa shape index (κ2) is 5.04. The molecule has 0 aromatic carbocycles. The Hall–Kier alpha value is -2.83. The van der Waals surface area contributed by atoms with Crippen molar-refractivity contribution >= 4 is 17.8 Å². The standard InChI is InChI=1S/C13H12N6O/c14-13-11(12(20)8-2-1-3-15-4-8)19-10(7-16-13)9-5-17-18-6-9/h1-5,7,9,18H,6H2,(H2,14,16). The summed E-state index contributed by atoms with van der Waals surface area (Å²) in [5, 5.41) is 3.93. The fourth-order valence-corrected chi connectivity index (χ4v) is 1.92. The number of nitrogens with one attached hydrogen (secondary N) is 1. The molecule has 0 aliphatic carbocycles. The number of aromatic nitrogens is 3. The highest BCUT2D eigenvalue weighted by Crippen LogP contribution is 2.17. The van der Waals surface area contributed by atoms with Crippen LogP contribution in [0.4, 0.5) is 5.82 Å². The zero-order valence-electron chi connectivity index (χ0n) is 10.5. The van der Waals surface area contributed by atoms with Gasteiger partial charge in [0.1, 0.15) is 0 Å². The van der Waals surface area contributed by atoms with Gasteiger partial charge < -0.3 is 11.2 Å². The molecule has 1 unspecified atom stereocenters. The summed E-state index contributed by atoms with van der Waals surface area (Å²) < 4.78 is 0. The maximum absolute atomic E-state index is 12.4. The molecule has 1 aliphatic rings. The van der Waals surface area contributed by atoms with Crippen LogP contribution in [0.5, 0.6) is 0 Å². The number of ketones is 1.